The lowest BCUT2D eigenvalue weighted by atomic mass is 10.1. The van der Waals surface area contributed by atoms with E-state index in [1.807, 2.05) is 0 Å². The Balaban J connectivity index is 2.81. The summed E-state index contributed by atoms with van der Waals surface area (Å²) in [4.78, 5) is 103. The van der Waals surface area contributed by atoms with Gasteiger partial charge < -0.3 is 42.3 Å². The first kappa shape index (κ1) is 43.9. The van der Waals surface area contributed by atoms with Gasteiger partial charge in [-0.25, -0.2) is 0 Å². The van der Waals surface area contributed by atoms with Gasteiger partial charge in [-0.1, -0.05) is 45.4 Å². The Bertz CT molecular complexity index is 1220. The van der Waals surface area contributed by atoms with Crippen molar-refractivity contribution in [3.63, 3.8) is 0 Å². The number of aliphatic hydroxyl groups excluding tert-OH is 1. The van der Waals surface area contributed by atoms with E-state index >= 15 is 0 Å². The second kappa shape index (κ2) is 21.2. The molecule has 1 saturated heterocycles. The third-order valence-corrected chi connectivity index (χ3v) is 8.19. The summed E-state index contributed by atoms with van der Waals surface area (Å²) in [5.41, 5.74) is 4.55. The number of rotatable bonds is 21. The zero-order valence-electron chi connectivity index (χ0n) is 30.7. The Morgan fingerprint density at radius 2 is 1.38 bits per heavy atom. The molecule has 0 aliphatic carbocycles. The first-order chi connectivity index (χ1) is 23.3. The number of nitrogens with two attached hydrogens (primary N) is 1. The van der Waals surface area contributed by atoms with Crippen LogP contribution in [0.15, 0.2) is 0 Å². The van der Waals surface area contributed by atoms with E-state index in [1.165, 1.54) is 38.5 Å². The predicted molar refractivity (Wildman–Crippen MR) is 185 cm³/mol. The number of carbonyl (C=O) groups is 8. The summed E-state index contributed by atoms with van der Waals surface area (Å²) in [5.74, 6) is -6.39. The molecule has 0 saturated carbocycles. The second-order valence-electron chi connectivity index (χ2n) is 14.1. The summed E-state index contributed by atoms with van der Waals surface area (Å²) in [5, 5.41) is 22.3. The van der Waals surface area contributed by atoms with Crippen molar-refractivity contribution in [3.8, 4) is 0 Å². The fourth-order valence-corrected chi connectivity index (χ4v) is 5.42. The highest BCUT2D eigenvalue weighted by atomic mass is 16.3. The van der Waals surface area contributed by atoms with Crippen LogP contribution in [-0.2, 0) is 38.4 Å². The molecule has 1 aliphatic rings. The summed E-state index contributed by atoms with van der Waals surface area (Å²) in [6.07, 6.45) is 6.66. The third-order valence-electron chi connectivity index (χ3n) is 8.19. The molecule has 0 aromatic heterocycles. The van der Waals surface area contributed by atoms with Crippen molar-refractivity contribution in [1.29, 1.82) is 0 Å². The highest BCUT2D eigenvalue weighted by Crippen LogP contribution is 2.20. The van der Waals surface area contributed by atoms with Gasteiger partial charge in [-0.05, 0) is 60.8 Å². The molecule has 0 bridgehead atoms. The van der Waals surface area contributed by atoms with Crippen LogP contribution in [0.1, 0.15) is 119 Å². The maximum Gasteiger partial charge on any atom is 0.289 e. The largest absolute Gasteiger partial charge is 0.391 e. The molecular formula is C34H59N7O9. The van der Waals surface area contributed by atoms with E-state index in [9.17, 15) is 43.5 Å². The summed E-state index contributed by atoms with van der Waals surface area (Å²) in [6.45, 7) is 11.4. The van der Waals surface area contributed by atoms with Gasteiger partial charge in [0, 0.05) is 18.5 Å². The third kappa shape index (κ3) is 15.6. The van der Waals surface area contributed by atoms with Crippen LogP contribution < -0.4 is 32.3 Å². The van der Waals surface area contributed by atoms with Crippen molar-refractivity contribution in [2.24, 2.45) is 5.73 Å². The van der Waals surface area contributed by atoms with Gasteiger partial charge in [-0.3, -0.25) is 38.4 Å². The number of carbonyl (C=O) groups excluding carboxylic acids is 8. The molecule has 0 unspecified atom stereocenters. The number of primary amides is 1. The quantitative estimate of drug-likeness (QED) is 0.0617. The maximum atomic E-state index is 13.2. The maximum absolute atomic E-state index is 13.2. The average Bonchev–Trinajstić information content (AvgIpc) is 3.51. The summed E-state index contributed by atoms with van der Waals surface area (Å²) >= 11 is 0. The smallest absolute Gasteiger partial charge is 0.289 e. The Kier molecular flexibility index (Phi) is 18.6. The molecule has 8 N–H and O–H groups in total. The standard InChI is InChI=1S/C34H59N7O9/c1-8-9-10-11-12-13-14-17-26(44)41-18-15-16-24(41)31(48)39-27(22(4)42)32(49)37-21(3)29(46)38-23(19-25(35)43)30(47)36-20(2)28(45)33(50)40-34(5,6)7/h20-24,27,42H,8-19H2,1-7H3,(H2,35,43)(H,36,47)(H,37,49)(H,38,46)(H,39,48)(H,40,50)/t20-,21-,22-,23-,24-,27-/m0/s1. The van der Waals surface area contributed by atoms with Gasteiger partial charge in [-0.15, -0.1) is 0 Å². The van der Waals surface area contributed by atoms with Gasteiger partial charge in [0.25, 0.3) is 5.91 Å². The molecule has 1 aliphatic heterocycles. The first-order valence-electron chi connectivity index (χ1n) is 17.6. The lowest BCUT2D eigenvalue weighted by Gasteiger charge is -2.28. The van der Waals surface area contributed by atoms with Crippen molar-refractivity contribution in [2.75, 3.05) is 6.54 Å². The van der Waals surface area contributed by atoms with Crippen LogP contribution in [-0.4, -0.2) is 106 Å². The van der Waals surface area contributed by atoms with Gasteiger partial charge in [0.2, 0.25) is 41.2 Å². The number of hydrogen-bond donors (Lipinski definition) is 7. The van der Waals surface area contributed by atoms with Crippen LogP contribution in [0.4, 0.5) is 0 Å². The fraction of sp³-hybridized carbons (Fsp3) is 0.765. The van der Waals surface area contributed by atoms with Gasteiger partial charge in [0.1, 0.15) is 24.2 Å². The molecule has 284 valence electrons. The summed E-state index contributed by atoms with van der Waals surface area (Å²) in [6, 6.07) is -6.47. The number of amides is 7. The van der Waals surface area contributed by atoms with E-state index < -0.39 is 89.5 Å². The molecule has 0 aromatic carbocycles. The molecule has 6 atom stereocenters. The zero-order valence-corrected chi connectivity index (χ0v) is 30.7. The molecule has 0 aromatic rings. The number of unbranched alkanes of at least 4 members (excludes halogenated alkanes) is 6. The Hall–Kier alpha value is -4.08. The van der Waals surface area contributed by atoms with Crippen molar-refractivity contribution in [1.82, 2.24) is 31.5 Å². The highest BCUT2D eigenvalue weighted by molar-refractivity contribution is 6.38. The number of likely N-dealkylation sites (tertiary alicyclic amines) is 1. The molecule has 0 radical (unpaired) electrons. The Morgan fingerprint density at radius 3 is 1.94 bits per heavy atom. The molecule has 50 heavy (non-hydrogen) atoms. The topological polar surface area (TPSA) is 246 Å². The lowest BCUT2D eigenvalue weighted by molar-refractivity contribution is -0.141. The van der Waals surface area contributed by atoms with Crippen molar-refractivity contribution in [3.05, 3.63) is 0 Å². The Labute approximate surface area is 295 Å². The summed E-state index contributed by atoms with van der Waals surface area (Å²) in [7, 11) is 0. The minimum Gasteiger partial charge on any atom is -0.391 e. The molecule has 16 heteroatoms. The van der Waals surface area contributed by atoms with E-state index in [0.717, 1.165) is 32.1 Å². The number of Topliss-reactive ketones (excluding diaryl/α,β-unsaturated/α-hetero) is 1. The van der Waals surface area contributed by atoms with Crippen LogP contribution in [0.3, 0.4) is 0 Å². The first-order valence-corrected chi connectivity index (χ1v) is 17.6. The van der Waals surface area contributed by atoms with Crippen LogP contribution in [0.2, 0.25) is 0 Å². The fourth-order valence-electron chi connectivity index (χ4n) is 5.42. The van der Waals surface area contributed by atoms with Gasteiger partial charge >= 0.3 is 0 Å². The number of aliphatic hydroxyl groups is 1. The van der Waals surface area contributed by atoms with Gasteiger partial charge in [0.05, 0.1) is 18.6 Å². The van der Waals surface area contributed by atoms with E-state index in [1.54, 1.807) is 20.8 Å². The van der Waals surface area contributed by atoms with Crippen LogP contribution in [0.5, 0.6) is 0 Å². The van der Waals surface area contributed by atoms with Crippen LogP contribution >= 0.6 is 0 Å². The van der Waals surface area contributed by atoms with Crippen molar-refractivity contribution in [2.45, 2.75) is 161 Å². The number of nitrogens with zero attached hydrogens (tertiary/aromatic N) is 1. The lowest BCUT2D eigenvalue weighted by Crippen LogP contribution is -2.60. The minimum absolute atomic E-state index is 0.138. The zero-order chi connectivity index (χ0) is 38.2. The number of hydrogen-bond acceptors (Lipinski definition) is 9. The monoisotopic (exact) mass is 709 g/mol. The van der Waals surface area contributed by atoms with Gasteiger partial charge in [0.15, 0.2) is 0 Å². The predicted octanol–water partition coefficient (Wildman–Crippen LogP) is -0.163. The molecule has 16 nitrogen and oxygen atoms in total. The average molecular weight is 710 g/mol. The SMILES string of the molecule is CCCCCCCCCC(=O)N1CCC[C@H]1C(=O)N[C@H](C(=O)N[C@@H](C)C(=O)N[C@@H](CC(N)=O)C(=O)N[C@@H](C)C(=O)C(=O)NC(C)(C)C)[C@H](C)O. The van der Waals surface area contributed by atoms with E-state index in [2.05, 4.69) is 33.5 Å². The number of ketones is 1. The summed E-state index contributed by atoms with van der Waals surface area (Å²) < 4.78 is 0. The molecule has 1 fully saturated rings. The van der Waals surface area contributed by atoms with Crippen molar-refractivity contribution >= 4 is 47.1 Å². The highest BCUT2D eigenvalue weighted by Gasteiger charge is 2.37. The normalized spacial score (nSPS) is 17.4. The van der Waals surface area contributed by atoms with E-state index in [4.69, 9.17) is 5.73 Å². The Morgan fingerprint density at radius 1 is 0.800 bits per heavy atom. The minimum atomic E-state index is -1.56. The molecule has 0 spiro atoms. The molecular weight excluding hydrogens is 650 g/mol. The molecule has 1 rings (SSSR count). The second-order valence-corrected chi connectivity index (χ2v) is 14.1. The van der Waals surface area contributed by atoms with Gasteiger partial charge in [-0.2, -0.15) is 0 Å². The van der Waals surface area contributed by atoms with Crippen LogP contribution in [0, 0.1) is 0 Å². The van der Waals surface area contributed by atoms with E-state index in [0.29, 0.717) is 25.8 Å². The molecule has 7 amide bonds. The van der Waals surface area contributed by atoms with E-state index in [-0.39, 0.29) is 5.91 Å². The van der Waals surface area contributed by atoms with Crippen molar-refractivity contribution < 1.29 is 43.5 Å². The molecule has 1 heterocycles. The van der Waals surface area contributed by atoms with Crippen LogP contribution in [0.25, 0.3) is 0 Å². The number of nitrogens with one attached hydrogen (secondary N) is 5.